The number of aromatic nitrogens is 2. The first-order chi connectivity index (χ1) is 15.2. The lowest BCUT2D eigenvalue weighted by atomic mass is 9.98. The summed E-state index contributed by atoms with van der Waals surface area (Å²) >= 11 is 12.0. The molecule has 0 aliphatic heterocycles. The maximum Gasteiger partial charge on any atom is 0.274 e. The quantitative estimate of drug-likeness (QED) is 0.369. The van der Waals surface area contributed by atoms with E-state index < -0.39 is 15.9 Å². The van der Waals surface area contributed by atoms with Crippen molar-refractivity contribution in [2.75, 3.05) is 5.32 Å². The lowest BCUT2D eigenvalue weighted by molar-refractivity contribution is 0.102. The van der Waals surface area contributed by atoms with Gasteiger partial charge in [0.15, 0.2) is 0 Å². The van der Waals surface area contributed by atoms with Gasteiger partial charge in [-0.2, -0.15) is 5.10 Å². The van der Waals surface area contributed by atoms with E-state index >= 15 is 0 Å². The molecule has 0 unspecified atom stereocenters. The molecule has 0 saturated heterocycles. The van der Waals surface area contributed by atoms with E-state index in [-0.39, 0.29) is 10.6 Å². The number of primary sulfonamides is 1. The smallest absolute Gasteiger partial charge is 0.274 e. The van der Waals surface area contributed by atoms with Crippen molar-refractivity contribution in [3.05, 3.63) is 88.5 Å². The highest BCUT2D eigenvalue weighted by molar-refractivity contribution is 7.89. The van der Waals surface area contributed by atoms with Crippen LogP contribution in [-0.4, -0.2) is 24.5 Å². The molecule has 7 nitrogen and oxygen atoms in total. The fraction of sp³-hybridized carbons (Fsp3) is 0. The molecule has 3 aromatic carbocycles. The Kier molecular flexibility index (Phi) is 6.03. The first-order valence-corrected chi connectivity index (χ1v) is 11.6. The summed E-state index contributed by atoms with van der Waals surface area (Å²) in [4.78, 5) is 13.0. The van der Waals surface area contributed by atoms with E-state index in [0.29, 0.717) is 38.1 Å². The Morgan fingerprint density at radius 2 is 1.56 bits per heavy atom. The molecule has 0 radical (unpaired) electrons. The van der Waals surface area contributed by atoms with Crippen LogP contribution in [0.25, 0.3) is 22.4 Å². The number of sulfonamides is 1. The fourth-order valence-corrected chi connectivity index (χ4v) is 4.01. The number of H-pyrrole nitrogens is 1. The molecule has 4 N–H and O–H groups in total. The molecular formula is C22H16Cl2N4O3S. The van der Waals surface area contributed by atoms with Gasteiger partial charge in [0.05, 0.1) is 4.90 Å². The van der Waals surface area contributed by atoms with E-state index in [0.717, 1.165) is 0 Å². The average molecular weight is 487 g/mol. The van der Waals surface area contributed by atoms with Crippen LogP contribution >= 0.6 is 23.2 Å². The van der Waals surface area contributed by atoms with Gasteiger partial charge in [-0.05, 0) is 48.0 Å². The monoisotopic (exact) mass is 486 g/mol. The maximum atomic E-state index is 13.1. The summed E-state index contributed by atoms with van der Waals surface area (Å²) in [5.74, 6) is -0.419. The third kappa shape index (κ3) is 4.68. The van der Waals surface area contributed by atoms with Gasteiger partial charge in [-0.15, -0.1) is 0 Å². The molecule has 32 heavy (non-hydrogen) atoms. The SMILES string of the molecule is NS(=O)(=O)c1ccc(-c2n[nH]c(C(=O)Nc3cccc(Cl)c3)c2-c2ccc(Cl)cc2)cc1. The Morgan fingerprint density at radius 1 is 0.906 bits per heavy atom. The van der Waals surface area contributed by atoms with Gasteiger partial charge >= 0.3 is 0 Å². The van der Waals surface area contributed by atoms with E-state index in [1.165, 1.54) is 12.1 Å². The normalized spacial score (nSPS) is 11.3. The number of nitrogens with one attached hydrogen (secondary N) is 2. The van der Waals surface area contributed by atoms with Gasteiger partial charge in [-0.1, -0.05) is 53.5 Å². The van der Waals surface area contributed by atoms with Crippen LogP contribution in [0.4, 0.5) is 5.69 Å². The number of nitrogens with two attached hydrogens (primary N) is 1. The van der Waals surface area contributed by atoms with Crippen LogP contribution in [0.3, 0.4) is 0 Å². The zero-order valence-corrected chi connectivity index (χ0v) is 18.7. The van der Waals surface area contributed by atoms with Gasteiger partial charge < -0.3 is 5.32 Å². The number of aromatic amines is 1. The molecule has 0 bridgehead atoms. The number of carbonyl (C=O) groups is 1. The van der Waals surface area contributed by atoms with Crippen molar-refractivity contribution < 1.29 is 13.2 Å². The summed E-state index contributed by atoms with van der Waals surface area (Å²) < 4.78 is 23.1. The largest absolute Gasteiger partial charge is 0.321 e. The highest BCUT2D eigenvalue weighted by atomic mass is 35.5. The summed E-state index contributed by atoms with van der Waals surface area (Å²) in [7, 11) is -3.83. The van der Waals surface area contributed by atoms with Crippen molar-refractivity contribution >= 4 is 44.8 Å². The third-order valence-corrected chi connectivity index (χ3v) is 6.08. The van der Waals surface area contributed by atoms with Gasteiger partial charge in [0.25, 0.3) is 5.91 Å². The molecule has 10 heteroatoms. The summed E-state index contributed by atoms with van der Waals surface area (Å²) in [5, 5.41) is 16.1. The molecule has 1 heterocycles. The third-order valence-electron chi connectivity index (χ3n) is 4.67. The van der Waals surface area contributed by atoms with Crippen molar-refractivity contribution in [2.24, 2.45) is 5.14 Å². The van der Waals surface area contributed by atoms with Crippen LogP contribution < -0.4 is 10.5 Å². The van der Waals surface area contributed by atoms with Crippen LogP contribution in [0, 0.1) is 0 Å². The topological polar surface area (TPSA) is 118 Å². The number of anilines is 1. The van der Waals surface area contributed by atoms with E-state index in [9.17, 15) is 13.2 Å². The Bertz CT molecular complexity index is 1400. The van der Waals surface area contributed by atoms with E-state index in [1.54, 1.807) is 60.7 Å². The summed E-state index contributed by atoms with van der Waals surface area (Å²) in [6.07, 6.45) is 0. The Morgan fingerprint density at radius 3 is 2.19 bits per heavy atom. The van der Waals surface area contributed by atoms with Gasteiger partial charge in [0, 0.05) is 26.9 Å². The van der Waals surface area contributed by atoms with E-state index in [1.807, 2.05) is 0 Å². The molecule has 0 fully saturated rings. The number of hydrogen-bond donors (Lipinski definition) is 3. The second-order valence-electron chi connectivity index (χ2n) is 6.86. The molecular weight excluding hydrogens is 471 g/mol. The van der Waals surface area contributed by atoms with E-state index in [4.69, 9.17) is 28.3 Å². The summed E-state index contributed by atoms with van der Waals surface area (Å²) in [6, 6.07) is 19.7. The molecule has 0 aliphatic rings. The van der Waals surface area contributed by atoms with Gasteiger partial charge in [-0.3, -0.25) is 9.89 Å². The zero-order chi connectivity index (χ0) is 22.9. The van der Waals surface area contributed by atoms with Crippen LogP contribution in [0.2, 0.25) is 10.0 Å². The Hall–Kier alpha value is -3.17. The van der Waals surface area contributed by atoms with Gasteiger partial charge in [0.1, 0.15) is 11.4 Å². The number of amides is 1. The first-order valence-electron chi connectivity index (χ1n) is 9.27. The van der Waals surface area contributed by atoms with Crippen molar-refractivity contribution in [2.45, 2.75) is 4.90 Å². The lowest BCUT2D eigenvalue weighted by Gasteiger charge is -2.09. The van der Waals surface area contributed by atoms with Crippen molar-refractivity contribution in [3.8, 4) is 22.4 Å². The minimum atomic E-state index is -3.83. The van der Waals surface area contributed by atoms with E-state index in [2.05, 4.69) is 15.5 Å². The number of rotatable bonds is 5. The predicted octanol–water partition coefficient (Wildman–Crippen LogP) is 4.95. The van der Waals surface area contributed by atoms with Crippen LogP contribution in [0.15, 0.2) is 77.7 Å². The average Bonchev–Trinajstić information content (AvgIpc) is 3.19. The van der Waals surface area contributed by atoms with Crippen molar-refractivity contribution in [1.82, 2.24) is 10.2 Å². The molecule has 162 valence electrons. The number of halogens is 2. The van der Waals surface area contributed by atoms with Crippen LogP contribution in [-0.2, 0) is 10.0 Å². The van der Waals surface area contributed by atoms with Crippen molar-refractivity contribution in [3.63, 3.8) is 0 Å². The second-order valence-corrected chi connectivity index (χ2v) is 9.30. The highest BCUT2D eigenvalue weighted by Gasteiger charge is 2.22. The molecule has 1 amide bonds. The molecule has 0 aliphatic carbocycles. The molecule has 0 saturated carbocycles. The van der Waals surface area contributed by atoms with Gasteiger partial charge in [0.2, 0.25) is 10.0 Å². The number of hydrogen-bond acceptors (Lipinski definition) is 4. The van der Waals surface area contributed by atoms with Crippen LogP contribution in [0.1, 0.15) is 10.5 Å². The molecule has 4 aromatic rings. The summed E-state index contributed by atoms with van der Waals surface area (Å²) in [6.45, 7) is 0. The zero-order valence-electron chi connectivity index (χ0n) is 16.3. The van der Waals surface area contributed by atoms with Crippen molar-refractivity contribution in [1.29, 1.82) is 0 Å². The number of carbonyl (C=O) groups excluding carboxylic acids is 1. The highest BCUT2D eigenvalue weighted by Crippen LogP contribution is 2.34. The molecule has 4 rings (SSSR count). The van der Waals surface area contributed by atoms with Crippen LogP contribution in [0.5, 0.6) is 0 Å². The maximum absolute atomic E-state index is 13.1. The number of nitrogens with zero attached hydrogens (tertiary/aromatic N) is 1. The van der Waals surface area contributed by atoms with Gasteiger partial charge in [-0.25, -0.2) is 13.6 Å². The standard InChI is InChI=1S/C22H16Cl2N4O3S/c23-15-8-4-13(5-9-15)19-20(14-6-10-18(11-7-14)32(25,30)31)27-28-21(19)22(29)26-17-3-1-2-16(24)12-17/h1-12H,(H,26,29)(H,27,28)(H2,25,30,31). The minimum Gasteiger partial charge on any atom is -0.321 e. The Balaban J connectivity index is 1.80. The molecule has 0 spiro atoms. The second kappa shape index (κ2) is 8.76. The molecule has 0 atom stereocenters. The first kappa shape index (κ1) is 22.0. The Labute approximate surface area is 194 Å². The predicted molar refractivity (Wildman–Crippen MR) is 125 cm³/mol. The fourth-order valence-electron chi connectivity index (χ4n) is 3.18. The summed E-state index contributed by atoms with van der Waals surface area (Å²) in [5.41, 5.74) is 3.04. The molecule has 1 aromatic heterocycles. The number of benzene rings is 3. The lowest BCUT2D eigenvalue weighted by Crippen LogP contribution is -2.13. The minimum absolute atomic E-state index is 0.0243.